The molecule has 0 amide bonds. The summed E-state index contributed by atoms with van der Waals surface area (Å²) in [5.41, 5.74) is 1.94. The van der Waals surface area contributed by atoms with E-state index in [1.807, 2.05) is 36.4 Å². The Kier molecular flexibility index (Phi) is 4.18. The molecule has 1 nitrogen and oxygen atoms in total. The molecule has 0 unspecified atom stereocenters. The number of nitrogens with zero attached hydrogens (tertiary/aromatic N) is 1. The number of benzene rings is 1. The van der Waals surface area contributed by atoms with Gasteiger partial charge in [-0.2, -0.15) is 0 Å². The molecule has 80 valence electrons. The standard InChI is InChI=1S/C15H8IN/c16-15-8-4-3-7-14(15)6-2-1-5-13-9-11-17-12-10-13/h3-4,7-12H. The van der Waals surface area contributed by atoms with Gasteiger partial charge >= 0.3 is 0 Å². The molecule has 1 aromatic carbocycles. The molecular formula is C15H8IN. The first-order chi connectivity index (χ1) is 8.36. The summed E-state index contributed by atoms with van der Waals surface area (Å²) in [6, 6.07) is 11.7. The molecule has 0 spiro atoms. The van der Waals surface area contributed by atoms with Gasteiger partial charge < -0.3 is 0 Å². The Morgan fingerprint density at radius 2 is 1.59 bits per heavy atom. The van der Waals surface area contributed by atoms with Crippen molar-refractivity contribution >= 4 is 22.6 Å². The quantitative estimate of drug-likeness (QED) is 0.535. The van der Waals surface area contributed by atoms with E-state index < -0.39 is 0 Å². The summed E-state index contributed by atoms with van der Waals surface area (Å²) < 4.78 is 1.14. The second-order valence-electron chi connectivity index (χ2n) is 3.22. The fraction of sp³-hybridized carbons (Fsp3) is 0. The molecular weight excluding hydrogens is 321 g/mol. The predicted molar refractivity (Wildman–Crippen MR) is 77.2 cm³/mol. The molecule has 17 heavy (non-hydrogen) atoms. The zero-order chi connectivity index (χ0) is 11.9. The maximum Gasteiger partial charge on any atom is 0.0389 e. The number of rotatable bonds is 0. The minimum absolute atomic E-state index is 0.928. The fourth-order valence-corrected chi connectivity index (χ4v) is 1.72. The smallest absolute Gasteiger partial charge is 0.0389 e. The van der Waals surface area contributed by atoms with E-state index >= 15 is 0 Å². The van der Waals surface area contributed by atoms with Gasteiger partial charge in [0.1, 0.15) is 0 Å². The lowest BCUT2D eigenvalue weighted by Crippen LogP contribution is -1.78. The predicted octanol–water partition coefficient (Wildman–Crippen LogP) is 3.09. The Bertz CT molecular complexity index is 624. The molecule has 2 aromatic rings. The molecule has 0 saturated heterocycles. The molecule has 1 heterocycles. The highest BCUT2D eigenvalue weighted by atomic mass is 127. The van der Waals surface area contributed by atoms with Crippen LogP contribution in [-0.4, -0.2) is 4.98 Å². The van der Waals surface area contributed by atoms with Crippen LogP contribution in [0.15, 0.2) is 48.8 Å². The van der Waals surface area contributed by atoms with E-state index in [1.54, 1.807) is 12.4 Å². The molecule has 0 atom stereocenters. The van der Waals surface area contributed by atoms with Crippen LogP contribution >= 0.6 is 22.6 Å². The van der Waals surface area contributed by atoms with E-state index in [-0.39, 0.29) is 0 Å². The highest BCUT2D eigenvalue weighted by molar-refractivity contribution is 14.1. The lowest BCUT2D eigenvalue weighted by molar-refractivity contribution is 1.32. The normalized spacial score (nSPS) is 8.53. The monoisotopic (exact) mass is 329 g/mol. The van der Waals surface area contributed by atoms with Gasteiger partial charge in [-0.15, -0.1) is 0 Å². The van der Waals surface area contributed by atoms with Crippen LogP contribution < -0.4 is 0 Å². The maximum absolute atomic E-state index is 3.93. The lowest BCUT2D eigenvalue weighted by Gasteiger charge is -1.91. The van der Waals surface area contributed by atoms with Crippen molar-refractivity contribution in [3.8, 4) is 23.7 Å². The van der Waals surface area contributed by atoms with Crippen molar-refractivity contribution in [3.05, 3.63) is 63.5 Å². The largest absolute Gasteiger partial charge is 0.265 e. The molecule has 0 N–H and O–H groups in total. The van der Waals surface area contributed by atoms with Crippen LogP contribution in [0.3, 0.4) is 0 Å². The van der Waals surface area contributed by atoms with Crippen LogP contribution in [0.1, 0.15) is 11.1 Å². The van der Waals surface area contributed by atoms with E-state index in [0.29, 0.717) is 0 Å². The Morgan fingerprint density at radius 1 is 0.882 bits per heavy atom. The van der Waals surface area contributed by atoms with Gasteiger partial charge in [0.05, 0.1) is 0 Å². The minimum atomic E-state index is 0.928. The SMILES string of the molecule is Ic1ccccc1C#CC#Cc1ccncc1. The Morgan fingerprint density at radius 3 is 2.35 bits per heavy atom. The molecule has 0 radical (unpaired) electrons. The Balaban J connectivity index is 2.15. The summed E-state index contributed by atoms with van der Waals surface area (Å²) in [6.45, 7) is 0. The van der Waals surface area contributed by atoms with Gasteiger partial charge in [0, 0.05) is 27.1 Å². The van der Waals surface area contributed by atoms with Crippen molar-refractivity contribution in [2.24, 2.45) is 0 Å². The van der Waals surface area contributed by atoms with E-state index in [1.165, 1.54) is 0 Å². The van der Waals surface area contributed by atoms with Crippen LogP contribution in [0.25, 0.3) is 0 Å². The van der Waals surface area contributed by atoms with Gasteiger partial charge in [0.15, 0.2) is 0 Å². The van der Waals surface area contributed by atoms with Gasteiger partial charge in [-0.3, -0.25) is 4.98 Å². The Labute approximate surface area is 114 Å². The topological polar surface area (TPSA) is 12.9 Å². The molecule has 2 heteroatoms. The van der Waals surface area contributed by atoms with Crippen LogP contribution in [0.2, 0.25) is 0 Å². The van der Waals surface area contributed by atoms with Crippen molar-refractivity contribution < 1.29 is 0 Å². The van der Waals surface area contributed by atoms with Crippen molar-refractivity contribution in [1.82, 2.24) is 4.98 Å². The number of hydrogen-bond donors (Lipinski definition) is 0. The van der Waals surface area contributed by atoms with Crippen molar-refractivity contribution in [1.29, 1.82) is 0 Å². The van der Waals surface area contributed by atoms with Gasteiger partial charge in [-0.25, -0.2) is 0 Å². The first-order valence-corrected chi connectivity index (χ1v) is 6.11. The number of aromatic nitrogens is 1. The molecule has 2 rings (SSSR count). The van der Waals surface area contributed by atoms with E-state index in [2.05, 4.69) is 51.3 Å². The van der Waals surface area contributed by atoms with E-state index in [4.69, 9.17) is 0 Å². The summed E-state index contributed by atoms with van der Waals surface area (Å²) in [6.07, 6.45) is 3.44. The van der Waals surface area contributed by atoms with Gasteiger partial charge in [0.2, 0.25) is 0 Å². The van der Waals surface area contributed by atoms with Crippen LogP contribution in [0.4, 0.5) is 0 Å². The summed E-state index contributed by atoms with van der Waals surface area (Å²) in [5, 5.41) is 0. The average molecular weight is 329 g/mol. The van der Waals surface area contributed by atoms with Crippen LogP contribution in [0.5, 0.6) is 0 Å². The van der Waals surface area contributed by atoms with E-state index in [0.717, 1.165) is 14.7 Å². The second kappa shape index (κ2) is 6.08. The molecule has 0 aliphatic carbocycles. The number of hydrogen-bond acceptors (Lipinski definition) is 1. The maximum atomic E-state index is 3.93. The Hall–Kier alpha value is -1.78. The lowest BCUT2D eigenvalue weighted by atomic mass is 10.2. The minimum Gasteiger partial charge on any atom is -0.265 e. The van der Waals surface area contributed by atoms with Gasteiger partial charge in [-0.1, -0.05) is 24.0 Å². The molecule has 0 saturated carbocycles. The molecule has 0 aliphatic rings. The zero-order valence-electron chi connectivity index (χ0n) is 8.94. The van der Waals surface area contributed by atoms with Crippen molar-refractivity contribution in [2.75, 3.05) is 0 Å². The van der Waals surface area contributed by atoms with Crippen LogP contribution in [0, 0.1) is 27.3 Å². The highest BCUT2D eigenvalue weighted by Crippen LogP contribution is 2.09. The van der Waals surface area contributed by atoms with Crippen molar-refractivity contribution in [3.63, 3.8) is 0 Å². The second-order valence-corrected chi connectivity index (χ2v) is 4.38. The summed E-state index contributed by atoms with van der Waals surface area (Å²) in [7, 11) is 0. The van der Waals surface area contributed by atoms with Gasteiger partial charge in [-0.05, 0) is 58.7 Å². The first kappa shape index (κ1) is 11.7. The first-order valence-electron chi connectivity index (χ1n) is 5.03. The molecule has 0 aliphatic heterocycles. The number of halogens is 1. The van der Waals surface area contributed by atoms with E-state index in [9.17, 15) is 0 Å². The van der Waals surface area contributed by atoms with Crippen LogP contribution in [-0.2, 0) is 0 Å². The van der Waals surface area contributed by atoms with Gasteiger partial charge in [0.25, 0.3) is 0 Å². The van der Waals surface area contributed by atoms with Crippen molar-refractivity contribution in [2.45, 2.75) is 0 Å². The average Bonchev–Trinajstić information content (AvgIpc) is 2.38. The molecule has 0 bridgehead atoms. The third kappa shape index (κ3) is 3.62. The fourth-order valence-electron chi connectivity index (χ4n) is 1.20. The number of pyridine rings is 1. The zero-order valence-corrected chi connectivity index (χ0v) is 11.1. The summed E-state index contributed by atoms with van der Waals surface area (Å²) >= 11 is 2.26. The summed E-state index contributed by atoms with van der Waals surface area (Å²) in [5.74, 6) is 11.7. The highest BCUT2D eigenvalue weighted by Gasteiger charge is 1.90. The molecule has 1 aromatic heterocycles. The molecule has 0 fully saturated rings. The third-order valence-corrected chi connectivity index (χ3v) is 2.96. The third-order valence-electron chi connectivity index (χ3n) is 2.02. The summed E-state index contributed by atoms with van der Waals surface area (Å²) in [4.78, 5) is 3.93.